The highest BCUT2D eigenvalue weighted by Crippen LogP contribution is 2.23. The number of aromatic nitrogens is 2. The second-order valence-corrected chi connectivity index (χ2v) is 4.41. The molecule has 0 spiro atoms. The Hall–Kier alpha value is -2.14. The Labute approximate surface area is 101 Å². The first-order chi connectivity index (χ1) is 8.24. The third kappa shape index (κ3) is 1.70. The number of hydrogen-bond donors (Lipinski definition) is 2. The summed E-state index contributed by atoms with van der Waals surface area (Å²) < 4.78 is 0. The summed E-state index contributed by atoms with van der Waals surface area (Å²) in [4.78, 5) is 18.4. The number of hydrogen-bond acceptors (Lipinski definition) is 3. The molecular weight excluding hydrogens is 236 g/mol. The van der Waals surface area contributed by atoms with Crippen LogP contribution in [0.2, 0.25) is 0 Å². The predicted octanol–water partition coefficient (Wildman–Crippen LogP) is 2.99. The average Bonchev–Trinajstić information content (AvgIpc) is 2.96. The first-order valence-electron chi connectivity index (χ1n) is 5.00. The van der Waals surface area contributed by atoms with Crippen LogP contribution in [-0.4, -0.2) is 21.0 Å². The van der Waals surface area contributed by atoms with E-state index in [1.54, 1.807) is 29.5 Å². The van der Waals surface area contributed by atoms with E-state index in [4.69, 9.17) is 5.11 Å². The molecule has 1 aromatic carbocycles. The third-order valence-electron chi connectivity index (χ3n) is 2.52. The lowest BCUT2D eigenvalue weighted by Crippen LogP contribution is -1.94. The van der Waals surface area contributed by atoms with Crippen molar-refractivity contribution in [1.29, 1.82) is 0 Å². The zero-order valence-corrected chi connectivity index (χ0v) is 9.49. The Balaban J connectivity index is 2.16. The van der Waals surface area contributed by atoms with Crippen molar-refractivity contribution in [2.75, 3.05) is 0 Å². The van der Waals surface area contributed by atoms with Crippen molar-refractivity contribution in [3.63, 3.8) is 0 Å². The number of aromatic carboxylic acids is 1. The predicted molar refractivity (Wildman–Crippen MR) is 66.4 cm³/mol. The minimum atomic E-state index is -0.932. The first kappa shape index (κ1) is 10.0. The molecule has 0 bridgehead atoms. The molecule has 0 aliphatic rings. The molecule has 3 rings (SSSR count). The van der Waals surface area contributed by atoms with Crippen LogP contribution in [-0.2, 0) is 0 Å². The molecule has 2 heterocycles. The van der Waals surface area contributed by atoms with Crippen LogP contribution in [0.15, 0.2) is 35.0 Å². The van der Waals surface area contributed by atoms with E-state index in [0.717, 1.165) is 22.4 Å². The van der Waals surface area contributed by atoms with Gasteiger partial charge in [-0.05, 0) is 29.6 Å². The van der Waals surface area contributed by atoms with Gasteiger partial charge in [0, 0.05) is 10.9 Å². The normalized spacial score (nSPS) is 10.8. The maximum atomic E-state index is 10.8. The SMILES string of the molecule is O=C(O)c1ccc2nc(-c3ccsc3)[nH]c2c1. The molecule has 0 atom stereocenters. The molecule has 0 aliphatic carbocycles. The van der Waals surface area contributed by atoms with Crippen molar-refractivity contribution in [3.05, 3.63) is 40.6 Å². The van der Waals surface area contributed by atoms with Gasteiger partial charge in [0.1, 0.15) is 5.82 Å². The van der Waals surface area contributed by atoms with E-state index in [0.29, 0.717) is 0 Å². The summed E-state index contributed by atoms with van der Waals surface area (Å²) in [5.41, 5.74) is 2.79. The van der Waals surface area contributed by atoms with Crippen LogP contribution < -0.4 is 0 Å². The molecule has 4 nitrogen and oxygen atoms in total. The van der Waals surface area contributed by atoms with Crippen LogP contribution in [0.5, 0.6) is 0 Å². The fourth-order valence-electron chi connectivity index (χ4n) is 1.68. The first-order valence-corrected chi connectivity index (χ1v) is 5.94. The van der Waals surface area contributed by atoms with E-state index >= 15 is 0 Å². The van der Waals surface area contributed by atoms with E-state index in [-0.39, 0.29) is 5.56 Å². The zero-order valence-electron chi connectivity index (χ0n) is 8.68. The zero-order chi connectivity index (χ0) is 11.8. The van der Waals surface area contributed by atoms with Gasteiger partial charge in [-0.15, -0.1) is 0 Å². The highest BCUT2D eigenvalue weighted by Gasteiger charge is 2.08. The summed E-state index contributed by atoms with van der Waals surface area (Å²) in [6.07, 6.45) is 0. The van der Waals surface area contributed by atoms with Crippen molar-refractivity contribution < 1.29 is 9.90 Å². The highest BCUT2D eigenvalue weighted by molar-refractivity contribution is 7.08. The Morgan fingerprint density at radius 1 is 1.35 bits per heavy atom. The molecule has 0 amide bonds. The minimum Gasteiger partial charge on any atom is -0.478 e. The van der Waals surface area contributed by atoms with E-state index in [1.165, 1.54) is 0 Å². The molecule has 0 radical (unpaired) electrons. The number of aromatic amines is 1. The summed E-state index contributed by atoms with van der Waals surface area (Å²) in [5.74, 6) is -0.164. The summed E-state index contributed by atoms with van der Waals surface area (Å²) in [7, 11) is 0. The lowest BCUT2D eigenvalue weighted by atomic mass is 10.2. The van der Waals surface area contributed by atoms with Crippen LogP contribution >= 0.6 is 11.3 Å². The number of thiophene rings is 1. The van der Waals surface area contributed by atoms with Crippen LogP contribution in [0.3, 0.4) is 0 Å². The smallest absolute Gasteiger partial charge is 0.335 e. The Bertz CT molecular complexity index is 686. The molecule has 2 aromatic heterocycles. The second-order valence-electron chi connectivity index (χ2n) is 3.63. The molecule has 2 N–H and O–H groups in total. The molecule has 3 aromatic rings. The van der Waals surface area contributed by atoms with Crippen LogP contribution in [0, 0.1) is 0 Å². The summed E-state index contributed by atoms with van der Waals surface area (Å²) in [6.45, 7) is 0. The third-order valence-corrected chi connectivity index (χ3v) is 3.21. The number of benzene rings is 1. The number of nitrogens with one attached hydrogen (secondary N) is 1. The van der Waals surface area contributed by atoms with Gasteiger partial charge in [-0.2, -0.15) is 11.3 Å². The van der Waals surface area contributed by atoms with Gasteiger partial charge in [-0.1, -0.05) is 0 Å². The standard InChI is InChI=1S/C12H8N2O2S/c15-12(16)7-1-2-9-10(5-7)14-11(13-9)8-3-4-17-6-8/h1-6H,(H,13,14)(H,15,16). The lowest BCUT2D eigenvalue weighted by Gasteiger charge is -1.92. The molecule has 5 heteroatoms. The monoisotopic (exact) mass is 244 g/mol. The molecule has 0 unspecified atom stereocenters. The molecule has 0 aliphatic heterocycles. The van der Waals surface area contributed by atoms with Gasteiger partial charge in [0.05, 0.1) is 16.6 Å². The van der Waals surface area contributed by atoms with Crippen LogP contribution in [0.1, 0.15) is 10.4 Å². The van der Waals surface area contributed by atoms with Gasteiger partial charge in [-0.3, -0.25) is 0 Å². The minimum absolute atomic E-state index is 0.262. The summed E-state index contributed by atoms with van der Waals surface area (Å²) >= 11 is 1.60. The fraction of sp³-hybridized carbons (Fsp3) is 0. The molecule has 0 saturated heterocycles. The topological polar surface area (TPSA) is 66.0 Å². The number of rotatable bonds is 2. The van der Waals surface area contributed by atoms with Crippen LogP contribution in [0.4, 0.5) is 0 Å². The largest absolute Gasteiger partial charge is 0.478 e. The Morgan fingerprint density at radius 3 is 2.94 bits per heavy atom. The summed E-state index contributed by atoms with van der Waals surface area (Å²) in [6, 6.07) is 6.84. The molecule has 17 heavy (non-hydrogen) atoms. The highest BCUT2D eigenvalue weighted by atomic mass is 32.1. The number of carboxylic acids is 1. The maximum Gasteiger partial charge on any atom is 0.335 e. The number of carbonyl (C=O) groups is 1. The number of fused-ring (bicyclic) bond motifs is 1. The van der Waals surface area contributed by atoms with E-state index in [9.17, 15) is 4.79 Å². The Morgan fingerprint density at radius 2 is 2.24 bits per heavy atom. The molecule has 84 valence electrons. The lowest BCUT2D eigenvalue weighted by molar-refractivity contribution is 0.0697. The van der Waals surface area contributed by atoms with Crippen molar-refractivity contribution in [2.24, 2.45) is 0 Å². The van der Waals surface area contributed by atoms with Gasteiger partial charge in [0.25, 0.3) is 0 Å². The van der Waals surface area contributed by atoms with E-state index < -0.39 is 5.97 Å². The number of nitrogens with zero attached hydrogens (tertiary/aromatic N) is 1. The van der Waals surface area contributed by atoms with Crippen molar-refractivity contribution in [1.82, 2.24) is 9.97 Å². The van der Waals surface area contributed by atoms with Crippen molar-refractivity contribution >= 4 is 28.3 Å². The number of H-pyrrole nitrogens is 1. The van der Waals surface area contributed by atoms with Gasteiger partial charge in [0.2, 0.25) is 0 Å². The van der Waals surface area contributed by atoms with E-state index in [1.807, 2.05) is 16.8 Å². The Kier molecular flexibility index (Phi) is 2.19. The van der Waals surface area contributed by atoms with E-state index in [2.05, 4.69) is 9.97 Å². The maximum absolute atomic E-state index is 10.8. The number of carboxylic acid groups (broad SMARTS) is 1. The molecule has 0 saturated carbocycles. The van der Waals surface area contributed by atoms with Gasteiger partial charge in [-0.25, -0.2) is 9.78 Å². The molecule has 0 fully saturated rings. The quantitative estimate of drug-likeness (QED) is 0.728. The second kappa shape index (κ2) is 3.71. The summed E-state index contributed by atoms with van der Waals surface area (Å²) in [5, 5.41) is 12.9. The van der Waals surface area contributed by atoms with Crippen LogP contribution in [0.25, 0.3) is 22.4 Å². The van der Waals surface area contributed by atoms with Gasteiger partial charge >= 0.3 is 5.97 Å². The van der Waals surface area contributed by atoms with Crippen molar-refractivity contribution in [2.45, 2.75) is 0 Å². The van der Waals surface area contributed by atoms with Gasteiger partial charge < -0.3 is 10.1 Å². The number of imidazole rings is 1. The van der Waals surface area contributed by atoms with Gasteiger partial charge in [0.15, 0.2) is 0 Å². The van der Waals surface area contributed by atoms with Crippen molar-refractivity contribution in [3.8, 4) is 11.4 Å². The molecular formula is C12H8N2O2S. The average molecular weight is 244 g/mol. The fourth-order valence-corrected chi connectivity index (χ4v) is 2.32.